The highest BCUT2D eigenvalue weighted by Crippen LogP contribution is 2.30. The third-order valence-corrected chi connectivity index (χ3v) is 3.28. The molecule has 6 nitrogen and oxygen atoms in total. The minimum absolute atomic E-state index is 0.192. The Morgan fingerprint density at radius 1 is 1.50 bits per heavy atom. The lowest BCUT2D eigenvalue weighted by Crippen LogP contribution is -2.08. The largest absolute Gasteiger partial charge is 0.379 e. The molecule has 1 N–H and O–H groups in total. The van der Waals surface area contributed by atoms with Gasteiger partial charge in [-0.1, -0.05) is 0 Å². The van der Waals surface area contributed by atoms with Gasteiger partial charge in [0.2, 0.25) is 0 Å². The molecule has 0 unspecified atom stereocenters. The Labute approximate surface area is 122 Å². The smallest absolute Gasteiger partial charge is 0.295 e. The summed E-state index contributed by atoms with van der Waals surface area (Å²) in [7, 11) is 0. The van der Waals surface area contributed by atoms with E-state index >= 15 is 0 Å². The lowest BCUT2D eigenvalue weighted by atomic mass is 10.2. The van der Waals surface area contributed by atoms with Gasteiger partial charge >= 0.3 is 0 Å². The van der Waals surface area contributed by atoms with Crippen LogP contribution in [0, 0.1) is 15.9 Å². The van der Waals surface area contributed by atoms with Crippen molar-refractivity contribution in [2.24, 2.45) is 0 Å². The molecule has 8 heteroatoms. The highest BCUT2D eigenvalue weighted by atomic mass is 79.9. The van der Waals surface area contributed by atoms with Gasteiger partial charge in [-0.05, 0) is 34.5 Å². The maximum atomic E-state index is 13.3. The number of anilines is 1. The monoisotopic (exact) mass is 342 g/mol. The average Bonchev–Trinajstić information content (AvgIpc) is 2.91. The van der Waals surface area contributed by atoms with Crippen LogP contribution >= 0.6 is 15.9 Å². The van der Waals surface area contributed by atoms with Gasteiger partial charge in [-0.15, -0.1) is 0 Å². The molecule has 106 valence electrons. The van der Waals surface area contributed by atoms with Crippen LogP contribution in [0.5, 0.6) is 0 Å². The van der Waals surface area contributed by atoms with Gasteiger partial charge in [0.05, 0.1) is 15.5 Å². The van der Waals surface area contributed by atoms with Crippen molar-refractivity contribution >= 4 is 27.3 Å². The summed E-state index contributed by atoms with van der Waals surface area (Å²) in [6, 6.07) is 4.11. The molecule has 0 atom stereocenters. The first-order chi connectivity index (χ1) is 9.58. The molecule has 20 heavy (non-hydrogen) atoms. The highest BCUT2D eigenvalue weighted by molar-refractivity contribution is 9.10. The SMILES string of the molecule is O=[N+]([O-])c1cc(F)c(Br)cc1NCCCn1cccn1. The number of aryl methyl sites for hydroxylation is 1. The fourth-order valence-electron chi connectivity index (χ4n) is 1.73. The molecule has 0 bridgehead atoms. The zero-order valence-electron chi connectivity index (χ0n) is 10.4. The molecule has 0 spiro atoms. The normalized spacial score (nSPS) is 10.5. The van der Waals surface area contributed by atoms with E-state index < -0.39 is 10.7 Å². The molecular weight excluding hydrogens is 331 g/mol. The number of halogens is 2. The first kappa shape index (κ1) is 14.4. The summed E-state index contributed by atoms with van der Waals surface area (Å²) in [4.78, 5) is 10.3. The number of aromatic nitrogens is 2. The van der Waals surface area contributed by atoms with Crippen LogP contribution in [0.15, 0.2) is 35.1 Å². The fourth-order valence-corrected chi connectivity index (χ4v) is 2.07. The van der Waals surface area contributed by atoms with Gasteiger partial charge in [-0.3, -0.25) is 14.8 Å². The van der Waals surface area contributed by atoms with Gasteiger partial charge in [-0.25, -0.2) is 4.39 Å². The number of nitrogens with zero attached hydrogens (tertiary/aromatic N) is 3. The zero-order valence-corrected chi connectivity index (χ0v) is 12.0. The summed E-state index contributed by atoms with van der Waals surface area (Å²) in [6.45, 7) is 1.23. The predicted molar refractivity (Wildman–Crippen MR) is 76.1 cm³/mol. The molecule has 0 saturated heterocycles. The van der Waals surface area contributed by atoms with E-state index in [2.05, 4.69) is 26.3 Å². The van der Waals surface area contributed by atoms with E-state index in [0.717, 1.165) is 12.5 Å². The molecule has 0 aliphatic carbocycles. The van der Waals surface area contributed by atoms with E-state index in [1.165, 1.54) is 6.07 Å². The van der Waals surface area contributed by atoms with Crippen molar-refractivity contribution in [1.29, 1.82) is 0 Å². The quantitative estimate of drug-likeness (QED) is 0.497. The van der Waals surface area contributed by atoms with E-state index in [1.54, 1.807) is 10.9 Å². The molecule has 2 rings (SSSR count). The molecule has 1 aromatic heterocycles. The third-order valence-electron chi connectivity index (χ3n) is 2.67. The number of benzene rings is 1. The molecule has 1 aromatic carbocycles. The molecular formula is C12H12BrFN4O2. The van der Waals surface area contributed by atoms with Gasteiger partial charge in [0.1, 0.15) is 11.5 Å². The predicted octanol–water partition coefficient (Wildman–Crippen LogP) is 3.20. The number of hydrogen-bond donors (Lipinski definition) is 1. The Kier molecular flexibility index (Phi) is 4.67. The molecule has 0 radical (unpaired) electrons. The van der Waals surface area contributed by atoms with Gasteiger partial charge in [0, 0.05) is 25.5 Å². The van der Waals surface area contributed by atoms with Crippen molar-refractivity contribution in [3.05, 3.63) is 51.0 Å². The Morgan fingerprint density at radius 3 is 2.95 bits per heavy atom. The zero-order chi connectivity index (χ0) is 14.5. The van der Waals surface area contributed by atoms with Crippen molar-refractivity contribution in [2.75, 3.05) is 11.9 Å². The Morgan fingerprint density at radius 2 is 2.30 bits per heavy atom. The third kappa shape index (κ3) is 3.53. The molecule has 0 saturated carbocycles. The Balaban J connectivity index is 1.98. The summed E-state index contributed by atoms with van der Waals surface area (Å²) in [5.74, 6) is -0.654. The molecule has 0 fully saturated rings. The van der Waals surface area contributed by atoms with Crippen LogP contribution in [-0.4, -0.2) is 21.2 Å². The fraction of sp³-hybridized carbons (Fsp3) is 0.250. The van der Waals surface area contributed by atoms with E-state index in [9.17, 15) is 14.5 Å². The van der Waals surface area contributed by atoms with Crippen molar-refractivity contribution < 1.29 is 9.31 Å². The second kappa shape index (κ2) is 6.47. The van der Waals surface area contributed by atoms with E-state index in [1.807, 2.05) is 12.3 Å². The summed E-state index contributed by atoms with van der Waals surface area (Å²) in [5.41, 5.74) is 0.0218. The summed E-state index contributed by atoms with van der Waals surface area (Å²) >= 11 is 3.02. The lowest BCUT2D eigenvalue weighted by Gasteiger charge is -2.08. The topological polar surface area (TPSA) is 73.0 Å². The Hall–Kier alpha value is -1.96. The van der Waals surface area contributed by atoms with Crippen LogP contribution in [0.25, 0.3) is 0 Å². The maximum absolute atomic E-state index is 13.3. The molecule has 0 aliphatic heterocycles. The number of nitrogens with one attached hydrogen (secondary N) is 1. The highest BCUT2D eigenvalue weighted by Gasteiger charge is 2.17. The van der Waals surface area contributed by atoms with Crippen LogP contribution in [0.4, 0.5) is 15.8 Å². The Bertz CT molecular complexity index is 604. The number of rotatable bonds is 6. The van der Waals surface area contributed by atoms with Crippen LogP contribution in [-0.2, 0) is 6.54 Å². The van der Waals surface area contributed by atoms with Crippen molar-refractivity contribution in [1.82, 2.24) is 9.78 Å². The van der Waals surface area contributed by atoms with Crippen LogP contribution in [0.3, 0.4) is 0 Å². The molecule has 2 aromatic rings. The second-order valence-corrected chi connectivity index (χ2v) is 4.94. The van der Waals surface area contributed by atoms with Crippen LogP contribution < -0.4 is 5.32 Å². The minimum atomic E-state index is -0.654. The van der Waals surface area contributed by atoms with Crippen molar-refractivity contribution in [3.63, 3.8) is 0 Å². The first-order valence-electron chi connectivity index (χ1n) is 5.92. The number of nitro groups is 1. The van der Waals surface area contributed by atoms with Crippen LogP contribution in [0.1, 0.15) is 6.42 Å². The van der Waals surface area contributed by atoms with Gasteiger partial charge in [0.25, 0.3) is 5.69 Å². The van der Waals surface area contributed by atoms with Gasteiger partial charge in [-0.2, -0.15) is 5.10 Å². The summed E-state index contributed by atoms with van der Waals surface area (Å²) < 4.78 is 15.3. The maximum Gasteiger partial charge on any atom is 0.295 e. The molecule has 0 amide bonds. The van der Waals surface area contributed by atoms with Crippen molar-refractivity contribution in [3.8, 4) is 0 Å². The van der Waals surface area contributed by atoms with E-state index in [4.69, 9.17) is 0 Å². The van der Waals surface area contributed by atoms with Gasteiger partial charge in [0.15, 0.2) is 0 Å². The lowest BCUT2D eigenvalue weighted by molar-refractivity contribution is -0.384. The number of nitro benzene ring substituents is 1. The van der Waals surface area contributed by atoms with Gasteiger partial charge < -0.3 is 5.32 Å². The number of hydrogen-bond acceptors (Lipinski definition) is 4. The second-order valence-electron chi connectivity index (χ2n) is 4.09. The summed E-state index contributed by atoms with van der Waals surface area (Å²) in [6.07, 6.45) is 4.28. The van der Waals surface area contributed by atoms with E-state index in [0.29, 0.717) is 18.8 Å². The summed E-state index contributed by atoms with van der Waals surface area (Å²) in [5, 5.41) is 17.9. The molecule has 0 aliphatic rings. The molecule has 1 heterocycles. The average molecular weight is 343 g/mol. The van der Waals surface area contributed by atoms with E-state index in [-0.39, 0.29) is 10.2 Å². The van der Waals surface area contributed by atoms with Crippen LogP contribution in [0.2, 0.25) is 0 Å². The standard InChI is InChI=1S/C12H12BrFN4O2/c13-9-7-11(12(18(19)20)8-10(9)14)15-3-1-5-17-6-2-4-16-17/h2,4,6-8,15H,1,3,5H2. The van der Waals surface area contributed by atoms with Crippen molar-refractivity contribution in [2.45, 2.75) is 13.0 Å². The minimum Gasteiger partial charge on any atom is -0.379 e. The first-order valence-corrected chi connectivity index (χ1v) is 6.72.